The average Bonchev–Trinajstić information content (AvgIpc) is 3.43. The molecule has 1 N–H and O–H groups in total. The van der Waals surface area contributed by atoms with Gasteiger partial charge in [-0.25, -0.2) is 8.42 Å². The first-order valence-electron chi connectivity index (χ1n) is 9.54. The highest BCUT2D eigenvalue weighted by atomic mass is 35.5. The lowest BCUT2D eigenvalue weighted by Gasteiger charge is -2.22. The fourth-order valence-electron chi connectivity index (χ4n) is 3.43. The van der Waals surface area contributed by atoms with Crippen LogP contribution in [0.25, 0.3) is 11.5 Å². The van der Waals surface area contributed by atoms with Gasteiger partial charge in [-0.15, -0.1) is 5.10 Å². The monoisotopic (exact) mass is 496 g/mol. The number of ether oxygens (including phenoxy) is 1. The van der Waals surface area contributed by atoms with Crippen LogP contribution in [0.1, 0.15) is 12.8 Å². The van der Waals surface area contributed by atoms with Crippen LogP contribution in [0.4, 0.5) is 6.01 Å². The Balaban J connectivity index is 1.51. The maximum atomic E-state index is 13.1. The smallest absolute Gasteiger partial charge is 0.322 e. The van der Waals surface area contributed by atoms with Crippen LogP contribution in [-0.2, 0) is 14.8 Å². The van der Waals surface area contributed by atoms with Gasteiger partial charge < -0.3 is 9.15 Å². The largest absolute Gasteiger partial charge is 0.497 e. The number of nitrogens with zero attached hydrogens (tertiary/aromatic N) is 3. The third kappa shape index (κ3) is 4.58. The number of carbonyl (C=O) groups is 1. The number of anilines is 1. The van der Waals surface area contributed by atoms with Gasteiger partial charge in [0.25, 0.3) is 0 Å². The van der Waals surface area contributed by atoms with Crippen LogP contribution in [-0.4, -0.2) is 48.5 Å². The molecule has 1 amide bonds. The van der Waals surface area contributed by atoms with Gasteiger partial charge in [-0.1, -0.05) is 28.3 Å². The highest BCUT2D eigenvalue weighted by Gasteiger charge is 2.40. The van der Waals surface area contributed by atoms with Gasteiger partial charge >= 0.3 is 6.01 Å². The highest BCUT2D eigenvalue weighted by Crippen LogP contribution is 2.29. The fraction of sp³-hybridized carbons (Fsp3) is 0.250. The molecule has 0 saturated carbocycles. The van der Waals surface area contributed by atoms with Crippen molar-refractivity contribution in [2.75, 3.05) is 19.0 Å². The number of hydrogen-bond donors (Lipinski definition) is 1. The van der Waals surface area contributed by atoms with Gasteiger partial charge in [0.05, 0.1) is 12.0 Å². The summed E-state index contributed by atoms with van der Waals surface area (Å²) in [5, 5.41) is 11.0. The molecule has 9 nitrogen and oxygen atoms in total. The molecule has 168 valence electrons. The summed E-state index contributed by atoms with van der Waals surface area (Å²) in [7, 11) is -2.38. The Hall–Kier alpha value is -2.66. The molecular formula is C20H18Cl2N4O5S. The number of aromatic nitrogens is 2. The zero-order valence-electron chi connectivity index (χ0n) is 16.8. The van der Waals surface area contributed by atoms with E-state index in [1.807, 2.05) is 0 Å². The van der Waals surface area contributed by atoms with Crippen molar-refractivity contribution in [1.82, 2.24) is 14.5 Å². The van der Waals surface area contributed by atoms with E-state index in [0.717, 1.165) is 0 Å². The maximum absolute atomic E-state index is 13.1. The van der Waals surface area contributed by atoms with E-state index in [2.05, 4.69) is 15.5 Å². The van der Waals surface area contributed by atoms with E-state index >= 15 is 0 Å². The standard InChI is InChI=1S/C20H18Cl2N4O5S/c1-30-15-4-6-16(7-5-15)32(28,29)26-8-2-3-17(26)18(27)23-20-25-24-19(31-20)12-9-13(21)11-14(22)10-12/h4-7,9-11,17H,2-3,8H2,1H3,(H,23,25,27). The molecule has 1 aromatic heterocycles. The van der Waals surface area contributed by atoms with Crippen molar-refractivity contribution in [3.8, 4) is 17.2 Å². The minimum Gasteiger partial charge on any atom is -0.497 e. The van der Waals surface area contributed by atoms with E-state index in [4.69, 9.17) is 32.4 Å². The molecule has 1 atom stereocenters. The first kappa shape index (κ1) is 22.5. The van der Waals surface area contributed by atoms with E-state index in [-0.39, 0.29) is 23.3 Å². The Bertz CT molecular complexity index is 1230. The third-order valence-electron chi connectivity index (χ3n) is 4.94. The Morgan fingerprint density at radius 1 is 1.16 bits per heavy atom. The minimum atomic E-state index is -3.88. The maximum Gasteiger partial charge on any atom is 0.322 e. The summed E-state index contributed by atoms with van der Waals surface area (Å²) in [6.07, 6.45) is 0.912. The van der Waals surface area contributed by atoms with Crippen molar-refractivity contribution >= 4 is 45.1 Å². The zero-order valence-corrected chi connectivity index (χ0v) is 19.1. The van der Waals surface area contributed by atoms with Crippen LogP contribution in [0.3, 0.4) is 0 Å². The molecule has 1 unspecified atom stereocenters. The molecule has 1 saturated heterocycles. The van der Waals surface area contributed by atoms with E-state index in [1.54, 1.807) is 30.3 Å². The summed E-state index contributed by atoms with van der Waals surface area (Å²) in [4.78, 5) is 12.9. The van der Waals surface area contributed by atoms with E-state index in [9.17, 15) is 13.2 Å². The summed E-state index contributed by atoms with van der Waals surface area (Å²) < 4.78 is 37.9. The Labute approximate surface area is 194 Å². The predicted octanol–water partition coefficient (Wildman–Crippen LogP) is 3.84. The first-order valence-corrected chi connectivity index (χ1v) is 11.7. The number of benzene rings is 2. The second kappa shape index (κ2) is 9.07. The van der Waals surface area contributed by atoms with E-state index in [0.29, 0.717) is 34.2 Å². The van der Waals surface area contributed by atoms with Crippen LogP contribution in [0.2, 0.25) is 10.0 Å². The molecule has 1 fully saturated rings. The number of carbonyl (C=O) groups excluding carboxylic acids is 1. The SMILES string of the molecule is COc1ccc(S(=O)(=O)N2CCCC2C(=O)Nc2nnc(-c3cc(Cl)cc(Cl)c3)o2)cc1. The van der Waals surface area contributed by atoms with Crippen LogP contribution < -0.4 is 10.1 Å². The number of methoxy groups -OCH3 is 1. The number of halogens is 2. The highest BCUT2D eigenvalue weighted by molar-refractivity contribution is 7.89. The second-order valence-corrected chi connectivity index (χ2v) is 9.77. The molecular weight excluding hydrogens is 479 g/mol. The van der Waals surface area contributed by atoms with Gasteiger partial charge in [0.2, 0.25) is 21.8 Å². The molecule has 1 aliphatic rings. The van der Waals surface area contributed by atoms with Crippen molar-refractivity contribution in [3.63, 3.8) is 0 Å². The molecule has 32 heavy (non-hydrogen) atoms. The number of amides is 1. The Morgan fingerprint density at radius 3 is 2.50 bits per heavy atom. The number of nitrogens with one attached hydrogen (secondary N) is 1. The number of rotatable bonds is 6. The van der Waals surface area contributed by atoms with Crippen LogP contribution in [0.5, 0.6) is 5.75 Å². The Morgan fingerprint density at radius 2 is 1.84 bits per heavy atom. The molecule has 2 heterocycles. The number of sulfonamides is 1. The topological polar surface area (TPSA) is 115 Å². The summed E-state index contributed by atoms with van der Waals surface area (Å²) in [5.41, 5.74) is 0.486. The lowest BCUT2D eigenvalue weighted by atomic mass is 10.2. The summed E-state index contributed by atoms with van der Waals surface area (Å²) in [6.45, 7) is 0.225. The van der Waals surface area contributed by atoms with Crippen molar-refractivity contribution in [3.05, 3.63) is 52.5 Å². The second-order valence-electron chi connectivity index (χ2n) is 7.01. The van der Waals surface area contributed by atoms with Crippen molar-refractivity contribution in [2.24, 2.45) is 0 Å². The normalized spacial score (nSPS) is 16.8. The predicted molar refractivity (Wildman–Crippen MR) is 118 cm³/mol. The van der Waals surface area contributed by atoms with Gasteiger partial charge in [-0.3, -0.25) is 10.1 Å². The zero-order chi connectivity index (χ0) is 22.9. The van der Waals surface area contributed by atoms with Gasteiger partial charge in [-0.05, 0) is 55.3 Å². The fourth-order valence-corrected chi connectivity index (χ4v) is 5.61. The Kier molecular flexibility index (Phi) is 6.38. The molecule has 1 aliphatic heterocycles. The van der Waals surface area contributed by atoms with Crippen LogP contribution >= 0.6 is 23.2 Å². The van der Waals surface area contributed by atoms with Crippen molar-refractivity contribution < 1.29 is 22.4 Å². The average molecular weight is 497 g/mol. The summed E-state index contributed by atoms with van der Waals surface area (Å²) >= 11 is 12.0. The van der Waals surface area contributed by atoms with Gasteiger partial charge in [0, 0.05) is 22.2 Å². The lowest BCUT2D eigenvalue weighted by molar-refractivity contribution is -0.119. The van der Waals surface area contributed by atoms with E-state index in [1.165, 1.54) is 23.5 Å². The van der Waals surface area contributed by atoms with Crippen LogP contribution in [0, 0.1) is 0 Å². The first-order chi connectivity index (χ1) is 15.3. The molecule has 0 radical (unpaired) electrons. The molecule has 4 rings (SSSR count). The minimum absolute atomic E-state index is 0.0795. The van der Waals surface area contributed by atoms with Crippen LogP contribution in [0.15, 0.2) is 51.8 Å². The van der Waals surface area contributed by atoms with Gasteiger partial charge in [0.1, 0.15) is 11.8 Å². The summed E-state index contributed by atoms with van der Waals surface area (Å²) in [5.74, 6) is 0.0885. The molecule has 12 heteroatoms. The number of hydrogen-bond acceptors (Lipinski definition) is 7. The molecule has 0 aliphatic carbocycles. The third-order valence-corrected chi connectivity index (χ3v) is 7.30. The quantitative estimate of drug-likeness (QED) is 0.550. The van der Waals surface area contributed by atoms with Gasteiger partial charge in [-0.2, -0.15) is 4.31 Å². The van der Waals surface area contributed by atoms with Crippen molar-refractivity contribution in [1.29, 1.82) is 0 Å². The summed E-state index contributed by atoms with van der Waals surface area (Å²) in [6, 6.07) is 9.68. The molecule has 2 aromatic carbocycles. The molecule has 0 bridgehead atoms. The van der Waals surface area contributed by atoms with Gasteiger partial charge in [0.15, 0.2) is 0 Å². The van der Waals surface area contributed by atoms with E-state index < -0.39 is 22.0 Å². The molecule has 0 spiro atoms. The lowest BCUT2D eigenvalue weighted by Crippen LogP contribution is -2.43. The molecule has 3 aromatic rings. The van der Waals surface area contributed by atoms with Crippen molar-refractivity contribution in [2.45, 2.75) is 23.8 Å².